The molecular weight excluding hydrogens is 290 g/mol. The summed E-state index contributed by atoms with van der Waals surface area (Å²) in [6.07, 6.45) is 0. The number of benzene rings is 1. The highest BCUT2D eigenvalue weighted by Gasteiger charge is 2.21. The van der Waals surface area contributed by atoms with E-state index in [1.54, 1.807) is 26.8 Å². The van der Waals surface area contributed by atoms with Crippen molar-refractivity contribution in [1.82, 2.24) is 10.2 Å². The van der Waals surface area contributed by atoms with Crippen LogP contribution in [0.5, 0.6) is 0 Å². The van der Waals surface area contributed by atoms with Gasteiger partial charge in [0.2, 0.25) is 0 Å². The molecule has 0 bridgehead atoms. The molecule has 7 heteroatoms. The van der Waals surface area contributed by atoms with Crippen LogP contribution in [0, 0.1) is 27.7 Å². The number of aliphatic hydroxyl groups is 1. The van der Waals surface area contributed by atoms with Gasteiger partial charge in [0, 0.05) is 0 Å². The zero-order valence-electron chi connectivity index (χ0n) is 12.5. The lowest BCUT2D eigenvalue weighted by molar-refractivity contribution is 0.281. The van der Waals surface area contributed by atoms with Crippen LogP contribution in [0.15, 0.2) is 17.0 Å². The fraction of sp³-hybridized carbons (Fsp3) is 0.357. The van der Waals surface area contributed by atoms with Crippen LogP contribution in [0.25, 0.3) is 0 Å². The third-order valence-corrected chi connectivity index (χ3v) is 4.99. The van der Waals surface area contributed by atoms with E-state index in [1.165, 1.54) is 6.07 Å². The second kappa shape index (κ2) is 5.50. The van der Waals surface area contributed by atoms with Crippen LogP contribution in [0.1, 0.15) is 28.1 Å². The van der Waals surface area contributed by atoms with Gasteiger partial charge in [0.25, 0.3) is 10.0 Å². The molecule has 0 fully saturated rings. The zero-order valence-corrected chi connectivity index (χ0v) is 13.3. The van der Waals surface area contributed by atoms with Crippen LogP contribution in [0.2, 0.25) is 0 Å². The van der Waals surface area contributed by atoms with Crippen molar-refractivity contribution in [3.8, 4) is 0 Å². The first kappa shape index (κ1) is 15.5. The molecule has 21 heavy (non-hydrogen) atoms. The number of hydrogen-bond acceptors (Lipinski definition) is 4. The van der Waals surface area contributed by atoms with Gasteiger partial charge in [0.05, 0.1) is 28.6 Å². The number of aryl methyl sites for hydroxylation is 3. The van der Waals surface area contributed by atoms with Crippen molar-refractivity contribution in [3.63, 3.8) is 0 Å². The average Bonchev–Trinajstić information content (AvgIpc) is 2.73. The van der Waals surface area contributed by atoms with E-state index in [2.05, 4.69) is 14.9 Å². The third kappa shape index (κ3) is 2.93. The lowest BCUT2D eigenvalue weighted by atomic mass is 10.1. The van der Waals surface area contributed by atoms with E-state index < -0.39 is 10.0 Å². The van der Waals surface area contributed by atoms with Crippen molar-refractivity contribution >= 4 is 15.7 Å². The molecule has 0 unspecified atom stereocenters. The molecule has 0 atom stereocenters. The fourth-order valence-corrected chi connectivity index (χ4v) is 3.71. The standard InChI is InChI=1S/C14H19N3O3S/c1-8-5-12(7-18)6-13(9(8)2)21(19,20)17-14-10(3)15-16-11(14)4/h5-6,17-18H,7H2,1-4H3,(H,15,16). The molecule has 0 aliphatic carbocycles. The van der Waals surface area contributed by atoms with Gasteiger partial charge >= 0.3 is 0 Å². The first-order valence-electron chi connectivity index (χ1n) is 6.51. The zero-order chi connectivity index (χ0) is 15.8. The molecule has 0 saturated heterocycles. The third-order valence-electron chi connectivity index (χ3n) is 3.52. The molecule has 6 nitrogen and oxygen atoms in total. The van der Waals surface area contributed by atoms with Crippen LogP contribution < -0.4 is 4.72 Å². The summed E-state index contributed by atoms with van der Waals surface area (Å²) in [7, 11) is -3.74. The average molecular weight is 309 g/mol. The number of aromatic amines is 1. The highest BCUT2D eigenvalue weighted by Crippen LogP contribution is 2.25. The Kier molecular flexibility index (Phi) is 4.06. The summed E-state index contributed by atoms with van der Waals surface area (Å²) in [6.45, 7) is 6.85. The Morgan fingerprint density at radius 3 is 2.43 bits per heavy atom. The molecule has 1 aromatic heterocycles. The van der Waals surface area contributed by atoms with Crippen LogP contribution >= 0.6 is 0 Å². The van der Waals surface area contributed by atoms with E-state index >= 15 is 0 Å². The molecule has 0 aliphatic rings. The van der Waals surface area contributed by atoms with E-state index in [9.17, 15) is 13.5 Å². The lowest BCUT2D eigenvalue weighted by Gasteiger charge is -2.13. The Labute approximate surface area is 124 Å². The predicted molar refractivity (Wildman–Crippen MR) is 80.7 cm³/mol. The summed E-state index contributed by atoms with van der Waals surface area (Å²) in [5.41, 5.74) is 3.76. The number of aliphatic hydroxyl groups excluding tert-OH is 1. The molecular formula is C14H19N3O3S. The lowest BCUT2D eigenvalue weighted by Crippen LogP contribution is -2.16. The minimum Gasteiger partial charge on any atom is -0.392 e. The Hall–Kier alpha value is -1.86. The number of aromatic nitrogens is 2. The molecule has 0 aliphatic heterocycles. The molecule has 2 aromatic rings. The first-order chi connectivity index (χ1) is 9.76. The highest BCUT2D eigenvalue weighted by molar-refractivity contribution is 7.92. The molecule has 3 N–H and O–H groups in total. The minimum atomic E-state index is -3.74. The number of nitrogens with one attached hydrogen (secondary N) is 2. The van der Waals surface area contributed by atoms with Crippen molar-refractivity contribution in [2.24, 2.45) is 0 Å². The van der Waals surface area contributed by atoms with E-state index in [0.717, 1.165) is 5.56 Å². The maximum absolute atomic E-state index is 12.6. The summed E-state index contributed by atoms with van der Waals surface area (Å²) in [4.78, 5) is 0.173. The van der Waals surface area contributed by atoms with Crippen molar-refractivity contribution in [3.05, 3.63) is 40.2 Å². The topological polar surface area (TPSA) is 95.1 Å². The normalized spacial score (nSPS) is 11.7. The number of H-pyrrole nitrogens is 1. The van der Waals surface area contributed by atoms with E-state index in [-0.39, 0.29) is 11.5 Å². The molecule has 0 amide bonds. The maximum Gasteiger partial charge on any atom is 0.262 e. The summed E-state index contributed by atoms with van der Waals surface area (Å²) in [5.74, 6) is 0. The van der Waals surface area contributed by atoms with Gasteiger partial charge in [-0.1, -0.05) is 6.07 Å². The van der Waals surface area contributed by atoms with E-state index in [0.29, 0.717) is 28.2 Å². The molecule has 1 heterocycles. The van der Waals surface area contributed by atoms with Gasteiger partial charge in [-0.05, 0) is 50.5 Å². The molecule has 114 valence electrons. The smallest absolute Gasteiger partial charge is 0.262 e. The number of sulfonamides is 1. The van der Waals surface area contributed by atoms with Crippen LogP contribution in [0.4, 0.5) is 5.69 Å². The van der Waals surface area contributed by atoms with Crippen molar-refractivity contribution in [2.75, 3.05) is 4.72 Å². The second-order valence-corrected chi connectivity index (χ2v) is 6.76. The molecule has 1 aromatic carbocycles. The highest BCUT2D eigenvalue weighted by atomic mass is 32.2. The van der Waals surface area contributed by atoms with Gasteiger partial charge in [-0.3, -0.25) is 9.82 Å². The van der Waals surface area contributed by atoms with Crippen molar-refractivity contribution < 1.29 is 13.5 Å². The summed E-state index contributed by atoms with van der Waals surface area (Å²) in [6, 6.07) is 3.28. The SMILES string of the molecule is Cc1cc(CO)cc(S(=O)(=O)Nc2c(C)n[nH]c2C)c1C. The molecule has 0 radical (unpaired) electrons. The van der Waals surface area contributed by atoms with Gasteiger partial charge in [0.15, 0.2) is 0 Å². The van der Waals surface area contributed by atoms with Gasteiger partial charge in [-0.25, -0.2) is 8.42 Å². The second-order valence-electron chi connectivity index (χ2n) is 5.11. The van der Waals surface area contributed by atoms with Crippen LogP contribution in [0.3, 0.4) is 0 Å². The quantitative estimate of drug-likeness (QED) is 0.804. The van der Waals surface area contributed by atoms with Crippen LogP contribution in [-0.2, 0) is 16.6 Å². The fourth-order valence-electron chi connectivity index (χ4n) is 2.16. The van der Waals surface area contributed by atoms with Crippen LogP contribution in [-0.4, -0.2) is 23.7 Å². The summed E-state index contributed by atoms with van der Waals surface area (Å²) >= 11 is 0. The predicted octanol–water partition coefficient (Wildman–Crippen LogP) is 1.94. The minimum absolute atomic E-state index is 0.173. The number of hydrogen-bond donors (Lipinski definition) is 3. The van der Waals surface area contributed by atoms with Gasteiger partial charge in [-0.2, -0.15) is 5.10 Å². The van der Waals surface area contributed by atoms with Gasteiger partial charge in [-0.15, -0.1) is 0 Å². The van der Waals surface area contributed by atoms with E-state index in [4.69, 9.17) is 0 Å². The Morgan fingerprint density at radius 2 is 1.90 bits per heavy atom. The van der Waals surface area contributed by atoms with Crippen molar-refractivity contribution in [2.45, 2.75) is 39.2 Å². The summed E-state index contributed by atoms with van der Waals surface area (Å²) in [5, 5.41) is 16.0. The molecule has 0 saturated carbocycles. The Balaban J connectivity index is 2.52. The maximum atomic E-state index is 12.6. The Bertz CT molecular complexity index is 760. The molecule has 2 rings (SSSR count). The van der Waals surface area contributed by atoms with E-state index in [1.807, 2.05) is 6.92 Å². The summed E-state index contributed by atoms with van der Waals surface area (Å²) < 4.78 is 27.8. The number of nitrogens with zero attached hydrogens (tertiary/aromatic N) is 1. The Morgan fingerprint density at radius 1 is 1.24 bits per heavy atom. The first-order valence-corrected chi connectivity index (χ1v) is 8.00. The molecule has 0 spiro atoms. The number of rotatable bonds is 4. The van der Waals surface area contributed by atoms with Gasteiger partial charge < -0.3 is 5.11 Å². The van der Waals surface area contributed by atoms with Crippen molar-refractivity contribution in [1.29, 1.82) is 0 Å². The monoisotopic (exact) mass is 309 g/mol. The van der Waals surface area contributed by atoms with Gasteiger partial charge in [0.1, 0.15) is 0 Å². The largest absolute Gasteiger partial charge is 0.392 e. The number of anilines is 1.